The highest BCUT2D eigenvalue weighted by atomic mass is 19.4. The molecule has 3 nitrogen and oxygen atoms in total. The van der Waals surface area contributed by atoms with Gasteiger partial charge in [0.05, 0.1) is 5.56 Å². The highest BCUT2D eigenvalue weighted by Gasteiger charge is 2.37. The lowest BCUT2D eigenvalue weighted by atomic mass is 9.85. The van der Waals surface area contributed by atoms with Crippen molar-refractivity contribution in [3.63, 3.8) is 0 Å². The first-order valence-corrected chi connectivity index (χ1v) is 4.41. The molecular formula is C9H7BF3NO2. The van der Waals surface area contributed by atoms with Crippen LogP contribution in [-0.4, -0.2) is 12.1 Å². The summed E-state index contributed by atoms with van der Waals surface area (Å²) in [6, 6.07) is 2.14. The number of rotatable bonds is 0. The molecule has 2 rings (SSSR count). The molecule has 0 fully saturated rings. The molecule has 84 valence electrons. The maximum atomic E-state index is 12.6. The Morgan fingerprint density at radius 2 is 2.00 bits per heavy atom. The van der Waals surface area contributed by atoms with Crippen molar-refractivity contribution in [3.05, 3.63) is 29.2 Å². The fraction of sp³-hybridized carbons (Fsp3) is 0.111. The molecule has 3 N–H and O–H groups in total. The van der Waals surface area contributed by atoms with Crippen LogP contribution in [0.5, 0.6) is 5.75 Å². The minimum atomic E-state index is -4.57. The summed E-state index contributed by atoms with van der Waals surface area (Å²) in [4.78, 5) is 0. The average molecular weight is 229 g/mol. The molecule has 0 amide bonds. The van der Waals surface area contributed by atoms with E-state index in [0.29, 0.717) is 0 Å². The van der Waals surface area contributed by atoms with E-state index in [1.807, 2.05) is 0 Å². The molecule has 1 aliphatic rings. The van der Waals surface area contributed by atoms with Crippen LogP contribution < -0.4 is 10.4 Å². The minimum absolute atomic E-state index is 0.00397. The molecule has 0 aliphatic carbocycles. The number of halogens is 3. The summed E-state index contributed by atoms with van der Waals surface area (Å²) in [5.41, 5.74) is 4.58. The van der Waals surface area contributed by atoms with Crippen LogP contribution in [0.2, 0.25) is 0 Å². The lowest BCUT2D eigenvalue weighted by molar-refractivity contribution is -0.138. The van der Waals surface area contributed by atoms with Gasteiger partial charge in [-0.3, -0.25) is 0 Å². The molecular weight excluding hydrogens is 222 g/mol. The molecule has 0 unspecified atom stereocenters. The third-order valence-electron chi connectivity index (χ3n) is 2.12. The van der Waals surface area contributed by atoms with Crippen LogP contribution in [0.15, 0.2) is 18.1 Å². The number of nitrogen functional groups attached to an aromatic ring is 1. The molecule has 0 spiro atoms. The van der Waals surface area contributed by atoms with Gasteiger partial charge in [0.25, 0.3) is 0 Å². The number of alkyl halides is 3. The van der Waals surface area contributed by atoms with Crippen LogP contribution in [0.1, 0.15) is 11.1 Å². The van der Waals surface area contributed by atoms with Gasteiger partial charge < -0.3 is 15.4 Å². The van der Waals surface area contributed by atoms with E-state index >= 15 is 0 Å². The third-order valence-corrected chi connectivity index (χ3v) is 2.12. The molecule has 1 aromatic carbocycles. The van der Waals surface area contributed by atoms with Gasteiger partial charge in [-0.25, -0.2) is 0 Å². The van der Waals surface area contributed by atoms with Crippen molar-refractivity contribution in [1.82, 2.24) is 0 Å². The second-order valence-electron chi connectivity index (χ2n) is 3.35. The van der Waals surface area contributed by atoms with Gasteiger partial charge in [-0.15, -0.1) is 0 Å². The molecule has 0 atom stereocenters. The van der Waals surface area contributed by atoms with Crippen molar-refractivity contribution in [2.75, 3.05) is 5.73 Å². The molecule has 16 heavy (non-hydrogen) atoms. The molecule has 1 aliphatic heterocycles. The van der Waals surface area contributed by atoms with Crippen LogP contribution in [0.25, 0.3) is 6.08 Å². The smallest absolute Gasteiger partial charge is 0.532 e. The molecule has 7 heteroatoms. The Morgan fingerprint density at radius 3 is 2.62 bits per heavy atom. The SMILES string of the molecule is Nc1cc2c(c(C(F)(F)F)c1)OB(O)C=C2. The van der Waals surface area contributed by atoms with E-state index in [1.165, 1.54) is 18.1 Å². The lowest BCUT2D eigenvalue weighted by Gasteiger charge is -2.20. The van der Waals surface area contributed by atoms with E-state index in [1.54, 1.807) is 0 Å². The summed E-state index contributed by atoms with van der Waals surface area (Å²) < 4.78 is 42.7. The summed E-state index contributed by atoms with van der Waals surface area (Å²) in [6.45, 7) is 0. The first-order chi connectivity index (χ1) is 7.38. The van der Waals surface area contributed by atoms with Gasteiger partial charge >= 0.3 is 13.3 Å². The fourth-order valence-electron chi connectivity index (χ4n) is 1.49. The zero-order valence-electron chi connectivity index (χ0n) is 7.95. The Hall–Kier alpha value is -1.63. The van der Waals surface area contributed by atoms with Crippen LogP contribution >= 0.6 is 0 Å². The Balaban J connectivity index is 2.62. The number of anilines is 1. The number of fused-ring (bicyclic) bond motifs is 1. The quantitative estimate of drug-likeness (QED) is 0.525. The van der Waals surface area contributed by atoms with Crippen molar-refractivity contribution < 1.29 is 22.8 Å². The molecule has 0 saturated carbocycles. The summed E-state index contributed by atoms with van der Waals surface area (Å²) in [7, 11) is -1.36. The zero-order chi connectivity index (χ0) is 11.9. The van der Waals surface area contributed by atoms with Gasteiger partial charge in [0.15, 0.2) is 0 Å². The molecule has 0 bridgehead atoms. The van der Waals surface area contributed by atoms with Crippen LogP contribution in [0, 0.1) is 0 Å². The summed E-state index contributed by atoms with van der Waals surface area (Å²) in [6.07, 6.45) is -3.22. The average Bonchev–Trinajstić information content (AvgIpc) is 2.16. The monoisotopic (exact) mass is 229 g/mol. The summed E-state index contributed by atoms with van der Waals surface area (Å²) in [5, 5.41) is 9.11. The topological polar surface area (TPSA) is 55.5 Å². The summed E-state index contributed by atoms with van der Waals surface area (Å²) >= 11 is 0. The third kappa shape index (κ3) is 1.86. The number of nitrogens with two attached hydrogens (primary N) is 1. The van der Waals surface area contributed by atoms with Crippen LogP contribution in [-0.2, 0) is 6.18 Å². The van der Waals surface area contributed by atoms with Crippen molar-refractivity contribution in [2.24, 2.45) is 0 Å². The van der Waals surface area contributed by atoms with Gasteiger partial charge in [0.1, 0.15) is 5.75 Å². The van der Waals surface area contributed by atoms with Crippen LogP contribution in [0.3, 0.4) is 0 Å². The molecule has 0 radical (unpaired) electrons. The van der Waals surface area contributed by atoms with Crippen molar-refractivity contribution >= 4 is 18.9 Å². The predicted molar refractivity (Wildman–Crippen MR) is 53.5 cm³/mol. The largest absolute Gasteiger partial charge is 0.552 e. The van der Waals surface area contributed by atoms with Gasteiger partial charge in [0.2, 0.25) is 0 Å². The number of hydrogen-bond acceptors (Lipinski definition) is 3. The van der Waals surface area contributed by atoms with E-state index in [2.05, 4.69) is 0 Å². The maximum Gasteiger partial charge on any atom is 0.552 e. The summed E-state index contributed by atoms with van der Waals surface area (Å²) in [5.74, 6) is 0.846. The van der Waals surface area contributed by atoms with E-state index < -0.39 is 24.6 Å². The van der Waals surface area contributed by atoms with Crippen molar-refractivity contribution in [3.8, 4) is 5.75 Å². The Kier molecular flexibility index (Phi) is 2.34. The molecule has 0 aromatic heterocycles. The molecule has 1 aromatic rings. The molecule has 0 saturated heterocycles. The zero-order valence-corrected chi connectivity index (χ0v) is 7.95. The first kappa shape index (κ1) is 10.9. The standard InChI is InChI=1S/C9H7BF3NO2/c11-9(12,13)7-4-6(14)3-5-1-2-10(15)16-8(5)7/h1-4,15H,14H2. The Labute approximate surface area is 89.5 Å². The predicted octanol–water partition coefficient (Wildman–Crippen LogP) is 1.71. The second-order valence-corrected chi connectivity index (χ2v) is 3.35. The Bertz CT molecular complexity index is 459. The van der Waals surface area contributed by atoms with Gasteiger partial charge in [0, 0.05) is 11.3 Å². The van der Waals surface area contributed by atoms with E-state index in [4.69, 9.17) is 15.4 Å². The van der Waals surface area contributed by atoms with Gasteiger partial charge in [-0.1, -0.05) is 6.08 Å². The normalized spacial score (nSPS) is 14.6. The fourth-order valence-corrected chi connectivity index (χ4v) is 1.49. The van der Waals surface area contributed by atoms with Gasteiger partial charge in [-0.05, 0) is 18.1 Å². The number of hydrogen-bond donors (Lipinski definition) is 2. The minimum Gasteiger partial charge on any atom is -0.532 e. The van der Waals surface area contributed by atoms with Gasteiger partial charge in [-0.2, -0.15) is 13.2 Å². The van der Waals surface area contributed by atoms with E-state index in [-0.39, 0.29) is 11.3 Å². The van der Waals surface area contributed by atoms with E-state index in [0.717, 1.165) is 6.07 Å². The molecule has 1 heterocycles. The highest BCUT2D eigenvalue weighted by Crippen LogP contribution is 2.41. The maximum absolute atomic E-state index is 12.6. The van der Waals surface area contributed by atoms with Crippen molar-refractivity contribution in [1.29, 1.82) is 0 Å². The highest BCUT2D eigenvalue weighted by molar-refractivity contribution is 6.51. The Morgan fingerprint density at radius 1 is 1.31 bits per heavy atom. The first-order valence-electron chi connectivity index (χ1n) is 4.41. The lowest BCUT2D eigenvalue weighted by Crippen LogP contribution is -2.24. The second kappa shape index (κ2) is 3.45. The number of benzene rings is 1. The van der Waals surface area contributed by atoms with Crippen LogP contribution in [0.4, 0.5) is 18.9 Å². The van der Waals surface area contributed by atoms with E-state index in [9.17, 15) is 13.2 Å². The van der Waals surface area contributed by atoms with Crippen molar-refractivity contribution in [2.45, 2.75) is 6.18 Å².